The molecule has 4 nitrogen and oxygen atoms in total. The van der Waals surface area contributed by atoms with Crippen molar-refractivity contribution in [3.05, 3.63) is 17.7 Å². The third kappa shape index (κ3) is 3.29. The molecule has 84 valence electrons. The molecule has 0 saturated heterocycles. The summed E-state index contributed by atoms with van der Waals surface area (Å²) in [5.74, 6) is 3.76. The normalized spacial score (nSPS) is 10.4. The second kappa shape index (κ2) is 5.84. The number of aliphatic hydroxyl groups excluding tert-OH is 1. The first-order valence-electron chi connectivity index (χ1n) is 4.25. The summed E-state index contributed by atoms with van der Waals surface area (Å²) < 4.78 is 26.1. The number of thioether (sulfide) groups is 1. The Balaban J connectivity index is 2.78. The molecular weight excluding hydrogens is 224 g/mol. The number of halogens is 2. The maximum Gasteiger partial charge on any atom is 0.177 e. The van der Waals surface area contributed by atoms with Gasteiger partial charge in [-0.3, -0.25) is 0 Å². The quantitative estimate of drug-likeness (QED) is 0.309. The summed E-state index contributed by atoms with van der Waals surface area (Å²) in [4.78, 5) is 3.66. The molecule has 0 unspecified atom stereocenters. The van der Waals surface area contributed by atoms with Gasteiger partial charge in [0.2, 0.25) is 0 Å². The first-order valence-corrected chi connectivity index (χ1v) is 5.24. The molecular formula is C8H11F2N3OS. The molecule has 0 aliphatic rings. The maximum atomic E-state index is 13.1. The molecule has 1 heterocycles. The van der Waals surface area contributed by atoms with Gasteiger partial charge in [0.05, 0.1) is 0 Å². The van der Waals surface area contributed by atoms with Crippen molar-refractivity contribution in [3.8, 4) is 0 Å². The van der Waals surface area contributed by atoms with Crippen molar-refractivity contribution in [3.63, 3.8) is 0 Å². The molecule has 0 fully saturated rings. The lowest BCUT2D eigenvalue weighted by atomic mass is 10.4. The Morgan fingerprint density at radius 2 is 2.20 bits per heavy atom. The number of hydrogen-bond acceptors (Lipinski definition) is 5. The van der Waals surface area contributed by atoms with E-state index in [0.717, 1.165) is 17.8 Å². The molecule has 0 radical (unpaired) electrons. The smallest absolute Gasteiger partial charge is 0.177 e. The summed E-state index contributed by atoms with van der Waals surface area (Å²) in [5, 5.41) is 8.61. The highest BCUT2D eigenvalue weighted by molar-refractivity contribution is 7.99. The summed E-state index contributed by atoms with van der Waals surface area (Å²) in [6, 6.07) is 0.726. The van der Waals surface area contributed by atoms with Crippen LogP contribution in [0.1, 0.15) is 6.42 Å². The van der Waals surface area contributed by atoms with Gasteiger partial charge in [0.15, 0.2) is 17.5 Å². The molecule has 15 heavy (non-hydrogen) atoms. The summed E-state index contributed by atoms with van der Waals surface area (Å²) >= 11 is 1.10. The van der Waals surface area contributed by atoms with E-state index < -0.39 is 11.6 Å². The van der Waals surface area contributed by atoms with E-state index in [9.17, 15) is 8.78 Å². The van der Waals surface area contributed by atoms with Crippen LogP contribution in [0.5, 0.6) is 0 Å². The Labute approximate surface area is 89.9 Å². The Morgan fingerprint density at radius 3 is 2.80 bits per heavy atom. The minimum Gasteiger partial charge on any atom is -0.396 e. The molecule has 1 aromatic heterocycles. The van der Waals surface area contributed by atoms with Gasteiger partial charge in [-0.25, -0.2) is 19.6 Å². The number of aliphatic hydroxyl groups is 1. The Morgan fingerprint density at radius 1 is 1.47 bits per heavy atom. The van der Waals surface area contributed by atoms with Gasteiger partial charge >= 0.3 is 0 Å². The van der Waals surface area contributed by atoms with Gasteiger partial charge in [-0.05, 0) is 6.42 Å². The summed E-state index contributed by atoms with van der Waals surface area (Å²) in [5.41, 5.74) is 2.04. The number of nitrogens with zero attached hydrogens (tertiary/aromatic N) is 1. The molecule has 7 heteroatoms. The minimum atomic E-state index is -0.832. The first-order chi connectivity index (χ1) is 7.19. The van der Waals surface area contributed by atoms with Gasteiger partial charge in [-0.15, -0.1) is 11.8 Å². The third-order valence-electron chi connectivity index (χ3n) is 1.58. The van der Waals surface area contributed by atoms with Crippen LogP contribution in [0, 0.1) is 11.6 Å². The lowest BCUT2D eigenvalue weighted by molar-refractivity contribution is 0.296. The summed E-state index contributed by atoms with van der Waals surface area (Å²) in [6.07, 6.45) is 0.522. The average molecular weight is 235 g/mol. The van der Waals surface area contributed by atoms with Gasteiger partial charge in [0.1, 0.15) is 5.03 Å². The number of hydrazine groups is 1. The number of nitrogens with one attached hydrogen (secondary N) is 1. The third-order valence-corrected chi connectivity index (χ3v) is 2.63. The van der Waals surface area contributed by atoms with Crippen LogP contribution in [-0.2, 0) is 0 Å². The number of pyridine rings is 1. The van der Waals surface area contributed by atoms with E-state index >= 15 is 0 Å². The number of anilines is 1. The number of rotatable bonds is 5. The predicted octanol–water partition coefficient (Wildman–Crippen LogP) is 1.12. The zero-order valence-corrected chi connectivity index (χ0v) is 8.65. The van der Waals surface area contributed by atoms with Crippen LogP contribution in [0.25, 0.3) is 0 Å². The summed E-state index contributed by atoms with van der Waals surface area (Å²) in [6.45, 7) is 0.0256. The minimum absolute atomic E-state index is 0.0256. The van der Waals surface area contributed by atoms with Gasteiger partial charge in [-0.1, -0.05) is 0 Å². The van der Waals surface area contributed by atoms with Crippen LogP contribution < -0.4 is 11.3 Å². The molecule has 0 atom stereocenters. The Kier molecular flexibility index (Phi) is 4.73. The molecule has 0 bridgehead atoms. The van der Waals surface area contributed by atoms with Gasteiger partial charge in [-0.2, -0.15) is 0 Å². The molecule has 0 aliphatic heterocycles. The van der Waals surface area contributed by atoms with Crippen LogP contribution in [0.15, 0.2) is 11.1 Å². The van der Waals surface area contributed by atoms with E-state index in [1.807, 2.05) is 5.43 Å². The number of hydrogen-bond donors (Lipinski definition) is 3. The van der Waals surface area contributed by atoms with Crippen LogP contribution in [0.4, 0.5) is 14.6 Å². The van der Waals surface area contributed by atoms with E-state index in [1.54, 1.807) is 0 Å². The Hall–Kier alpha value is -0.920. The highest BCUT2D eigenvalue weighted by Gasteiger charge is 2.11. The fourth-order valence-corrected chi connectivity index (χ4v) is 1.70. The van der Waals surface area contributed by atoms with Crippen LogP contribution in [0.2, 0.25) is 0 Å². The monoisotopic (exact) mass is 235 g/mol. The number of nitrogens with two attached hydrogens (primary N) is 1. The SMILES string of the molecule is NNc1nc(SCCCO)c(F)cc1F. The fraction of sp³-hybridized carbons (Fsp3) is 0.375. The van der Waals surface area contributed by atoms with E-state index in [4.69, 9.17) is 10.9 Å². The Bertz CT molecular complexity index is 338. The van der Waals surface area contributed by atoms with Gasteiger partial charge in [0.25, 0.3) is 0 Å². The molecule has 0 spiro atoms. The maximum absolute atomic E-state index is 13.1. The van der Waals surface area contributed by atoms with Gasteiger partial charge in [0, 0.05) is 18.4 Å². The highest BCUT2D eigenvalue weighted by atomic mass is 32.2. The lowest BCUT2D eigenvalue weighted by Gasteiger charge is -2.05. The second-order valence-corrected chi connectivity index (χ2v) is 3.76. The van der Waals surface area contributed by atoms with Crippen LogP contribution in [0.3, 0.4) is 0 Å². The van der Waals surface area contributed by atoms with Crippen molar-refractivity contribution in [1.29, 1.82) is 0 Å². The van der Waals surface area contributed by atoms with Gasteiger partial charge < -0.3 is 10.5 Å². The lowest BCUT2D eigenvalue weighted by Crippen LogP contribution is -2.11. The fourth-order valence-electron chi connectivity index (χ4n) is 0.886. The number of aromatic nitrogens is 1. The van der Waals surface area contributed by atoms with Crippen molar-refractivity contribution >= 4 is 17.6 Å². The molecule has 1 rings (SSSR count). The van der Waals surface area contributed by atoms with E-state index in [1.165, 1.54) is 0 Å². The van der Waals surface area contributed by atoms with E-state index in [0.29, 0.717) is 12.2 Å². The molecule has 0 amide bonds. The van der Waals surface area contributed by atoms with Crippen LogP contribution >= 0.6 is 11.8 Å². The average Bonchev–Trinajstić information content (AvgIpc) is 2.21. The number of nitrogen functional groups attached to an aromatic ring is 1. The van der Waals surface area contributed by atoms with Crippen LogP contribution in [-0.4, -0.2) is 22.5 Å². The molecule has 0 saturated carbocycles. The first kappa shape index (κ1) is 12.2. The largest absolute Gasteiger partial charge is 0.396 e. The highest BCUT2D eigenvalue weighted by Crippen LogP contribution is 2.23. The van der Waals surface area contributed by atoms with Crippen molar-refractivity contribution in [1.82, 2.24) is 4.98 Å². The van der Waals surface area contributed by atoms with E-state index in [-0.39, 0.29) is 17.5 Å². The predicted molar refractivity (Wildman–Crippen MR) is 54.4 cm³/mol. The second-order valence-electron chi connectivity index (χ2n) is 2.68. The van der Waals surface area contributed by atoms with Crippen molar-refractivity contribution in [2.75, 3.05) is 17.8 Å². The van der Waals surface area contributed by atoms with Crippen molar-refractivity contribution in [2.45, 2.75) is 11.4 Å². The molecule has 4 N–H and O–H groups in total. The zero-order chi connectivity index (χ0) is 11.3. The summed E-state index contributed by atoms with van der Waals surface area (Å²) in [7, 11) is 0. The topological polar surface area (TPSA) is 71.2 Å². The molecule has 0 aromatic carbocycles. The molecule has 1 aromatic rings. The van der Waals surface area contributed by atoms with E-state index in [2.05, 4.69) is 4.98 Å². The van der Waals surface area contributed by atoms with Crippen molar-refractivity contribution in [2.24, 2.45) is 5.84 Å². The molecule has 0 aliphatic carbocycles. The zero-order valence-electron chi connectivity index (χ0n) is 7.83. The van der Waals surface area contributed by atoms with Crippen molar-refractivity contribution < 1.29 is 13.9 Å². The standard InChI is InChI=1S/C8H11F2N3OS/c9-5-4-6(10)8(12-7(5)13-11)15-3-1-2-14/h4,14H,1-3,11H2,(H,12,13).